The van der Waals surface area contributed by atoms with Gasteiger partial charge >= 0.3 is 5.97 Å². The maximum absolute atomic E-state index is 12.9. The van der Waals surface area contributed by atoms with Crippen molar-refractivity contribution in [3.63, 3.8) is 0 Å². The Morgan fingerprint density at radius 3 is 2.67 bits per heavy atom. The third-order valence-electron chi connectivity index (χ3n) is 2.49. The highest BCUT2D eigenvalue weighted by atomic mass is 32.1. The molecule has 1 N–H and O–H groups in total. The monoisotopic (exact) mass is 265 g/mol. The predicted octanol–water partition coefficient (Wildman–Crippen LogP) is 3.27. The number of nitrogens with zero attached hydrogens (tertiary/aromatic N) is 1. The maximum Gasteiger partial charge on any atom is 0.303 e. The third-order valence-corrected chi connectivity index (χ3v) is 3.55. The van der Waals surface area contributed by atoms with E-state index in [1.165, 1.54) is 23.5 Å². The second kappa shape index (κ2) is 5.27. The number of carboxylic acids is 1. The number of hydrogen-bond acceptors (Lipinski definition) is 3. The first-order chi connectivity index (χ1) is 8.56. The molecular weight excluding hydrogens is 253 g/mol. The van der Waals surface area contributed by atoms with E-state index < -0.39 is 5.97 Å². The zero-order valence-corrected chi connectivity index (χ0v) is 10.6. The van der Waals surface area contributed by atoms with Gasteiger partial charge in [-0.25, -0.2) is 9.37 Å². The highest BCUT2D eigenvalue weighted by Crippen LogP contribution is 2.31. The van der Waals surface area contributed by atoms with Crippen LogP contribution in [-0.2, 0) is 11.2 Å². The molecule has 3 nitrogen and oxygen atoms in total. The number of hydrogen-bond donors (Lipinski definition) is 1. The average molecular weight is 265 g/mol. The van der Waals surface area contributed by atoms with Crippen LogP contribution >= 0.6 is 11.3 Å². The molecule has 0 amide bonds. The first-order valence-corrected chi connectivity index (χ1v) is 6.32. The molecule has 94 valence electrons. The van der Waals surface area contributed by atoms with Gasteiger partial charge in [-0.3, -0.25) is 4.79 Å². The molecule has 2 aromatic rings. The van der Waals surface area contributed by atoms with Gasteiger partial charge in [0.2, 0.25) is 0 Å². The van der Waals surface area contributed by atoms with Crippen molar-refractivity contribution in [2.45, 2.75) is 19.8 Å². The van der Waals surface area contributed by atoms with Gasteiger partial charge < -0.3 is 5.11 Å². The van der Waals surface area contributed by atoms with E-state index in [0.717, 1.165) is 21.1 Å². The molecule has 0 saturated carbocycles. The van der Waals surface area contributed by atoms with E-state index in [2.05, 4.69) is 4.98 Å². The first-order valence-electron chi connectivity index (χ1n) is 5.50. The van der Waals surface area contributed by atoms with Crippen LogP contribution < -0.4 is 0 Å². The molecule has 18 heavy (non-hydrogen) atoms. The Bertz CT molecular complexity index is 563. The van der Waals surface area contributed by atoms with Crippen molar-refractivity contribution in [3.8, 4) is 10.4 Å². The fourth-order valence-corrected chi connectivity index (χ4v) is 2.66. The van der Waals surface area contributed by atoms with Gasteiger partial charge in [0.25, 0.3) is 0 Å². The molecular formula is C13H12FNO2S. The van der Waals surface area contributed by atoms with Crippen LogP contribution in [0.2, 0.25) is 0 Å². The molecule has 0 saturated heterocycles. The summed E-state index contributed by atoms with van der Waals surface area (Å²) in [6.07, 6.45) is 0.448. The minimum absolute atomic E-state index is 0.0529. The number of thiazole rings is 1. The molecule has 0 radical (unpaired) electrons. The van der Waals surface area contributed by atoms with E-state index in [-0.39, 0.29) is 12.2 Å². The Kier molecular flexibility index (Phi) is 3.72. The van der Waals surface area contributed by atoms with Crippen molar-refractivity contribution < 1.29 is 14.3 Å². The van der Waals surface area contributed by atoms with Crippen molar-refractivity contribution in [1.29, 1.82) is 0 Å². The van der Waals surface area contributed by atoms with Crippen LogP contribution in [0, 0.1) is 12.7 Å². The van der Waals surface area contributed by atoms with Crippen LogP contribution in [0.15, 0.2) is 24.3 Å². The van der Waals surface area contributed by atoms with E-state index in [1.54, 1.807) is 12.1 Å². The number of aromatic nitrogens is 1. The normalized spacial score (nSPS) is 10.6. The molecule has 0 aliphatic heterocycles. The number of carbonyl (C=O) groups is 1. The SMILES string of the molecule is Cc1nc(CCC(=O)O)c(-c2ccc(F)cc2)s1. The molecule has 0 unspecified atom stereocenters. The Morgan fingerprint density at radius 2 is 2.06 bits per heavy atom. The van der Waals surface area contributed by atoms with Gasteiger partial charge in [0.05, 0.1) is 22.0 Å². The maximum atomic E-state index is 12.9. The minimum atomic E-state index is -0.842. The zero-order valence-electron chi connectivity index (χ0n) is 9.81. The summed E-state index contributed by atoms with van der Waals surface area (Å²) in [7, 11) is 0. The van der Waals surface area contributed by atoms with E-state index in [1.807, 2.05) is 6.92 Å². The summed E-state index contributed by atoms with van der Waals surface area (Å²) in [6.45, 7) is 1.88. The van der Waals surface area contributed by atoms with Gasteiger partial charge in [0.1, 0.15) is 5.82 Å². The lowest BCUT2D eigenvalue weighted by molar-refractivity contribution is -0.136. The van der Waals surface area contributed by atoms with E-state index >= 15 is 0 Å². The standard InChI is InChI=1S/C13H12FNO2S/c1-8-15-11(6-7-12(16)17)13(18-8)9-2-4-10(14)5-3-9/h2-5H,6-7H2,1H3,(H,16,17). The van der Waals surface area contributed by atoms with Gasteiger partial charge in [-0.15, -0.1) is 11.3 Å². The fourth-order valence-electron chi connectivity index (χ4n) is 1.69. The molecule has 1 aromatic heterocycles. The van der Waals surface area contributed by atoms with Gasteiger partial charge in [0, 0.05) is 6.42 Å². The molecule has 0 spiro atoms. The van der Waals surface area contributed by atoms with Crippen molar-refractivity contribution in [2.24, 2.45) is 0 Å². The Hall–Kier alpha value is -1.75. The molecule has 0 fully saturated rings. The second-order valence-electron chi connectivity index (χ2n) is 3.91. The smallest absolute Gasteiger partial charge is 0.303 e. The largest absolute Gasteiger partial charge is 0.481 e. The summed E-state index contributed by atoms with van der Waals surface area (Å²) in [5.41, 5.74) is 1.65. The number of halogens is 1. The summed E-state index contributed by atoms with van der Waals surface area (Å²) in [5.74, 6) is -1.13. The molecule has 0 bridgehead atoms. The quantitative estimate of drug-likeness (QED) is 0.923. The predicted molar refractivity (Wildman–Crippen MR) is 68.2 cm³/mol. The van der Waals surface area contributed by atoms with Crippen LogP contribution in [0.1, 0.15) is 17.1 Å². The van der Waals surface area contributed by atoms with Crippen LogP contribution in [0.25, 0.3) is 10.4 Å². The minimum Gasteiger partial charge on any atom is -0.481 e. The Labute approximate surface area is 108 Å². The van der Waals surface area contributed by atoms with Gasteiger partial charge in [0.15, 0.2) is 0 Å². The molecule has 5 heteroatoms. The topological polar surface area (TPSA) is 50.2 Å². The number of carboxylic acid groups (broad SMARTS) is 1. The molecule has 0 aliphatic carbocycles. The molecule has 0 aliphatic rings. The van der Waals surface area contributed by atoms with Gasteiger partial charge in [-0.05, 0) is 24.6 Å². The zero-order chi connectivity index (χ0) is 13.1. The fraction of sp³-hybridized carbons (Fsp3) is 0.231. The van der Waals surface area contributed by atoms with E-state index in [9.17, 15) is 9.18 Å². The van der Waals surface area contributed by atoms with Crippen LogP contribution in [-0.4, -0.2) is 16.1 Å². The van der Waals surface area contributed by atoms with Gasteiger partial charge in [-0.2, -0.15) is 0 Å². The van der Waals surface area contributed by atoms with Crippen LogP contribution in [0.3, 0.4) is 0 Å². The lowest BCUT2D eigenvalue weighted by Gasteiger charge is -2.01. The molecule has 0 atom stereocenters. The van der Waals surface area contributed by atoms with Crippen molar-refractivity contribution >= 4 is 17.3 Å². The summed E-state index contributed by atoms with van der Waals surface area (Å²) in [5, 5.41) is 9.59. The Balaban J connectivity index is 2.31. The summed E-state index contributed by atoms with van der Waals surface area (Å²) < 4.78 is 12.9. The van der Waals surface area contributed by atoms with E-state index in [4.69, 9.17) is 5.11 Å². The summed E-state index contributed by atoms with van der Waals surface area (Å²) in [6, 6.07) is 6.16. The Morgan fingerprint density at radius 1 is 1.39 bits per heavy atom. The summed E-state index contributed by atoms with van der Waals surface area (Å²) in [4.78, 5) is 15.9. The van der Waals surface area contributed by atoms with Crippen molar-refractivity contribution in [1.82, 2.24) is 4.98 Å². The van der Waals surface area contributed by atoms with Crippen molar-refractivity contribution in [3.05, 3.63) is 40.8 Å². The number of aliphatic carboxylic acids is 1. The molecule has 1 heterocycles. The first kappa shape index (κ1) is 12.7. The lowest BCUT2D eigenvalue weighted by atomic mass is 10.1. The number of aryl methyl sites for hydroxylation is 2. The molecule has 2 rings (SSSR count). The lowest BCUT2D eigenvalue weighted by Crippen LogP contribution is -1.98. The number of rotatable bonds is 4. The third kappa shape index (κ3) is 2.92. The van der Waals surface area contributed by atoms with E-state index in [0.29, 0.717) is 6.42 Å². The van der Waals surface area contributed by atoms with Crippen LogP contribution in [0.5, 0.6) is 0 Å². The van der Waals surface area contributed by atoms with Crippen LogP contribution in [0.4, 0.5) is 4.39 Å². The number of benzene rings is 1. The van der Waals surface area contributed by atoms with Crippen molar-refractivity contribution in [2.75, 3.05) is 0 Å². The average Bonchev–Trinajstić information content (AvgIpc) is 2.69. The molecule has 1 aromatic carbocycles. The highest BCUT2D eigenvalue weighted by molar-refractivity contribution is 7.15. The second-order valence-corrected chi connectivity index (χ2v) is 5.11. The summed E-state index contributed by atoms with van der Waals surface area (Å²) >= 11 is 1.50. The van der Waals surface area contributed by atoms with Gasteiger partial charge in [-0.1, -0.05) is 12.1 Å². The highest BCUT2D eigenvalue weighted by Gasteiger charge is 2.12.